The van der Waals surface area contributed by atoms with Crippen LogP contribution in [0.1, 0.15) is 37.4 Å². The lowest BCUT2D eigenvalue weighted by atomic mass is 10.1. The average Bonchev–Trinajstić information content (AvgIpc) is 3.88. The molecular formula is C28H30ClN7O3. The van der Waals surface area contributed by atoms with Gasteiger partial charge in [0.25, 0.3) is 0 Å². The molecule has 4 heterocycles. The number of nitrogens with one attached hydrogen (secondary N) is 2. The number of hydrogen-bond donors (Lipinski definition) is 2. The Kier molecular flexibility index (Phi) is 7.30. The number of carbonyl (C=O) groups is 1. The van der Waals surface area contributed by atoms with Crippen molar-refractivity contribution in [1.29, 1.82) is 0 Å². The number of fused-ring (bicyclic) bond motifs is 1. The molecule has 6 rings (SSSR count). The predicted molar refractivity (Wildman–Crippen MR) is 149 cm³/mol. The van der Waals surface area contributed by atoms with Crippen LogP contribution in [0.5, 0.6) is 5.88 Å². The maximum Gasteiger partial charge on any atom is 0.228 e. The summed E-state index contributed by atoms with van der Waals surface area (Å²) in [5, 5.41) is 13.3. The smallest absolute Gasteiger partial charge is 0.228 e. The number of pyridine rings is 3. The average molecular weight is 548 g/mol. The Morgan fingerprint density at radius 2 is 1.95 bits per heavy atom. The number of ether oxygens (including phenoxy) is 2. The molecule has 4 aromatic heterocycles. The van der Waals surface area contributed by atoms with Crippen molar-refractivity contribution in [3.63, 3.8) is 0 Å². The summed E-state index contributed by atoms with van der Waals surface area (Å²) < 4.78 is 13.6. The molecule has 10 nitrogen and oxygen atoms in total. The maximum absolute atomic E-state index is 12.4. The highest BCUT2D eigenvalue weighted by Crippen LogP contribution is 2.38. The van der Waals surface area contributed by atoms with Crippen molar-refractivity contribution in [3.05, 3.63) is 53.6 Å². The van der Waals surface area contributed by atoms with Crippen molar-refractivity contribution < 1.29 is 14.3 Å². The van der Waals surface area contributed by atoms with E-state index in [2.05, 4.69) is 36.3 Å². The molecule has 2 saturated carbocycles. The summed E-state index contributed by atoms with van der Waals surface area (Å²) in [6.45, 7) is 1.38. The Balaban J connectivity index is 1.18. The number of hydrogen-bond acceptors (Lipinski definition) is 8. The van der Waals surface area contributed by atoms with Gasteiger partial charge in [0.2, 0.25) is 11.8 Å². The minimum Gasteiger partial charge on any atom is -0.475 e. The molecule has 0 atom stereocenters. The van der Waals surface area contributed by atoms with Gasteiger partial charge in [0, 0.05) is 59.9 Å². The second-order valence-electron chi connectivity index (χ2n) is 9.86. The Hall–Kier alpha value is -3.76. The van der Waals surface area contributed by atoms with Crippen LogP contribution in [0.25, 0.3) is 22.0 Å². The molecule has 2 N–H and O–H groups in total. The first-order chi connectivity index (χ1) is 19.1. The molecule has 0 spiro atoms. The van der Waals surface area contributed by atoms with E-state index in [1.165, 1.54) is 0 Å². The Morgan fingerprint density at radius 1 is 1.08 bits per heavy atom. The fourth-order valence-corrected chi connectivity index (χ4v) is 4.68. The number of nitrogens with zero attached hydrogens (tertiary/aromatic N) is 5. The van der Waals surface area contributed by atoms with Crippen LogP contribution in [0, 0.1) is 5.92 Å². The van der Waals surface area contributed by atoms with Crippen LogP contribution in [0.15, 0.2) is 42.7 Å². The van der Waals surface area contributed by atoms with Crippen LogP contribution in [0.2, 0.25) is 5.15 Å². The number of aromatic nitrogens is 5. The van der Waals surface area contributed by atoms with E-state index < -0.39 is 0 Å². The summed E-state index contributed by atoms with van der Waals surface area (Å²) in [6.07, 6.45) is 8.44. The van der Waals surface area contributed by atoms with Gasteiger partial charge < -0.3 is 20.1 Å². The van der Waals surface area contributed by atoms with Crippen molar-refractivity contribution >= 4 is 39.9 Å². The molecular weight excluding hydrogens is 518 g/mol. The predicted octanol–water partition coefficient (Wildman–Crippen LogP) is 4.90. The van der Waals surface area contributed by atoms with Gasteiger partial charge in [-0.15, -0.1) is 0 Å². The summed E-state index contributed by atoms with van der Waals surface area (Å²) in [5.74, 6) is 1.89. The third kappa shape index (κ3) is 5.97. The van der Waals surface area contributed by atoms with E-state index in [4.69, 9.17) is 26.2 Å². The highest BCUT2D eigenvalue weighted by atomic mass is 35.5. The number of carbonyl (C=O) groups excluding carboxylic acids is 1. The minimum absolute atomic E-state index is 0.0285. The molecule has 0 aromatic carbocycles. The van der Waals surface area contributed by atoms with Crippen LogP contribution < -0.4 is 15.4 Å². The zero-order chi connectivity index (χ0) is 26.8. The topological polar surface area (TPSA) is 116 Å². The van der Waals surface area contributed by atoms with E-state index in [-0.39, 0.29) is 11.8 Å². The molecule has 2 aliphatic carbocycles. The highest BCUT2D eigenvalue weighted by Gasteiger charge is 2.30. The summed E-state index contributed by atoms with van der Waals surface area (Å²) in [6, 6.07) is 9.72. The first-order valence-electron chi connectivity index (χ1n) is 13.3. The van der Waals surface area contributed by atoms with Crippen LogP contribution in [0.4, 0.5) is 11.6 Å². The highest BCUT2D eigenvalue weighted by molar-refractivity contribution is 6.29. The lowest BCUT2D eigenvalue weighted by Crippen LogP contribution is -2.14. The number of amides is 1. The monoisotopic (exact) mass is 547 g/mol. The van der Waals surface area contributed by atoms with E-state index in [1.807, 2.05) is 19.3 Å². The fourth-order valence-electron chi connectivity index (χ4n) is 4.52. The van der Waals surface area contributed by atoms with Crippen molar-refractivity contribution in [3.8, 4) is 17.1 Å². The van der Waals surface area contributed by atoms with Crippen molar-refractivity contribution in [2.75, 3.05) is 37.5 Å². The molecule has 0 unspecified atom stereocenters. The van der Waals surface area contributed by atoms with E-state index in [9.17, 15) is 4.79 Å². The SMILES string of the molecule is CNc1ncc(-c2cc(CCOCCOc3cccc(Cl)n3)n(C3CC3)n2)c2cc(NC(=O)C3CC3)ncc12. The Labute approximate surface area is 231 Å². The lowest BCUT2D eigenvalue weighted by molar-refractivity contribution is -0.117. The number of rotatable bonds is 12. The van der Waals surface area contributed by atoms with E-state index in [1.54, 1.807) is 24.4 Å². The first-order valence-corrected chi connectivity index (χ1v) is 13.7. The third-order valence-electron chi connectivity index (χ3n) is 6.86. The Morgan fingerprint density at radius 3 is 2.72 bits per heavy atom. The van der Waals surface area contributed by atoms with Crippen LogP contribution in [-0.4, -0.2) is 57.5 Å². The maximum atomic E-state index is 12.4. The van der Waals surface area contributed by atoms with Crippen LogP contribution in [-0.2, 0) is 16.0 Å². The molecule has 2 aliphatic rings. The van der Waals surface area contributed by atoms with E-state index in [0.29, 0.717) is 42.7 Å². The molecule has 2 fully saturated rings. The Bertz CT molecular complexity index is 1500. The molecule has 0 saturated heterocycles. The van der Waals surface area contributed by atoms with Gasteiger partial charge in [-0.2, -0.15) is 5.10 Å². The fraction of sp³-hybridized carbons (Fsp3) is 0.393. The van der Waals surface area contributed by atoms with Gasteiger partial charge in [0.1, 0.15) is 23.4 Å². The lowest BCUT2D eigenvalue weighted by Gasteiger charge is -2.11. The quantitative estimate of drug-likeness (QED) is 0.190. The van der Waals surface area contributed by atoms with E-state index in [0.717, 1.165) is 65.6 Å². The molecule has 11 heteroatoms. The van der Waals surface area contributed by atoms with Crippen LogP contribution in [0.3, 0.4) is 0 Å². The first kappa shape index (κ1) is 25.5. The van der Waals surface area contributed by atoms with Crippen molar-refractivity contribution in [2.24, 2.45) is 5.92 Å². The summed E-state index contributed by atoms with van der Waals surface area (Å²) in [4.78, 5) is 25.6. The largest absolute Gasteiger partial charge is 0.475 e. The molecule has 202 valence electrons. The van der Waals surface area contributed by atoms with E-state index >= 15 is 0 Å². The van der Waals surface area contributed by atoms with Gasteiger partial charge >= 0.3 is 0 Å². The second kappa shape index (κ2) is 11.2. The normalized spacial score (nSPS) is 14.9. The van der Waals surface area contributed by atoms with Crippen molar-refractivity contribution in [2.45, 2.75) is 38.1 Å². The summed E-state index contributed by atoms with van der Waals surface area (Å²) in [7, 11) is 1.83. The standard InChI is InChI=1S/C28H30ClN7O3/c1-30-27-22-16-31-25(34-28(37)17-5-6-17)14-20(22)21(15-32-27)23-13-19(36(35-23)18-7-8-18)9-10-38-11-12-39-26-4-2-3-24(29)33-26/h2-4,13-18H,5-12H2,1H3,(H,30,32)(H,31,34,37). The van der Waals surface area contributed by atoms with Gasteiger partial charge in [-0.3, -0.25) is 9.48 Å². The second-order valence-corrected chi connectivity index (χ2v) is 10.2. The molecule has 0 radical (unpaired) electrons. The molecule has 1 amide bonds. The van der Waals surface area contributed by atoms with Crippen LogP contribution >= 0.6 is 11.6 Å². The molecule has 4 aromatic rings. The zero-order valence-electron chi connectivity index (χ0n) is 21.7. The van der Waals surface area contributed by atoms with Gasteiger partial charge in [0.05, 0.1) is 24.9 Å². The third-order valence-corrected chi connectivity index (χ3v) is 7.07. The molecule has 0 bridgehead atoms. The van der Waals surface area contributed by atoms with Gasteiger partial charge in [-0.25, -0.2) is 15.0 Å². The van der Waals surface area contributed by atoms with Crippen molar-refractivity contribution in [1.82, 2.24) is 24.7 Å². The minimum atomic E-state index is 0.0285. The van der Waals surface area contributed by atoms with Gasteiger partial charge in [0.15, 0.2) is 0 Å². The van der Waals surface area contributed by atoms with Gasteiger partial charge in [-0.1, -0.05) is 17.7 Å². The van der Waals surface area contributed by atoms with Gasteiger partial charge in [-0.05, 0) is 43.9 Å². The molecule has 0 aliphatic heterocycles. The number of halogens is 1. The molecule has 39 heavy (non-hydrogen) atoms. The zero-order valence-corrected chi connectivity index (χ0v) is 22.4. The number of anilines is 2. The summed E-state index contributed by atoms with van der Waals surface area (Å²) in [5.41, 5.74) is 2.86. The summed E-state index contributed by atoms with van der Waals surface area (Å²) >= 11 is 5.90.